The summed E-state index contributed by atoms with van der Waals surface area (Å²) in [4.78, 5) is 0. The molecule has 6 heteroatoms. The van der Waals surface area contributed by atoms with Crippen molar-refractivity contribution in [2.24, 2.45) is 0 Å². The van der Waals surface area contributed by atoms with Crippen molar-refractivity contribution in [2.45, 2.75) is 137 Å². The van der Waals surface area contributed by atoms with Gasteiger partial charge in [-0.15, -0.1) is 30.0 Å². The lowest BCUT2D eigenvalue weighted by Crippen LogP contribution is -2.48. The van der Waals surface area contributed by atoms with Crippen LogP contribution in [0.15, 0.2) is 0 Å². The number of hydrogen-bond donors (Lipinski definition) is 0. The van der Waals surface area contributed by atoms with Crippen molar-refractivity contribution in [3.8, 4) is 0 Å². The molecule has 0 spiro atoms. The summed E-state index contributed by atoms with van der Waals surface area (Å²) >= 11 is 0. The predicted molar refractivity (Wildman–Crippen MR) is 154 cm³/mol. The SMILES string of the molecule is CCCCCCCCCCCCCCCS(=O)(=O)[N-]C(C)CCC[N+](CC)(CC)CC.I. The zero-order valence-electron chi connectivity index (χ0n) is 22.2. The Labute approximate surface area is 219 Å². The van der Waals surface area contributed by atoms with Gasteiger partial charge in [0, 0.05) is 5.75 Å². The quantitative estimate of drug-likeness (QED) is 0.0683. The number of quaternary nitrogens is 1. The fraction of sp³-hybridized carbons (Fsp3) is 1.00. The van der Waals surface area contributed by atoms with E-state index in [9.17, 15) is 8.42 Å². The molecule has 0 radical (unpaired) electrons. The van der Waals surface area contributed by atoms with Crippen molar-refractivity contribution < 1.29 is 12.9 Å². The molecule has 196 valence electrons. The summed E-state index contributed by atoms with van der Waals surface area (Å²) in [7, 11) is -3.26. The molecule has 0 aliphatic rings. The molecule has 0 saturated carbocycles. The van der Waals surface area contributed by atoms with E-state index in [0.717, 1.165) is 62.8 Å². The van der Waals surface area contributed by atoms with Crippen molar-refractivity contribution in [2.75, 3.05) is 31.9 Å². The molecule has 0 heterocycles. The van der Waals surface area contributed by atoms with Gasteiger partial charge < -0.3 is 9.21 Å². The fourth-order valence-electron chi connectivity index (χ4n) is 4.55. The summed E-state index contributed by atoms with van der Waals surface area (Å²) in [6.45, 7) is 15.6. The van der Waals surface area contributed by atoms with Crippen molar-refractivity contribution >= 4 is 34.0 Å². The standard InChI is InChI=1S/C26H56N2O2S.HI/c1-6-10-11-12-13-14-15-16-17-18-19-20-21-25-31(29,30)27-26(5)23-22-24-28(7-2,8-3)9-4;/h26H,6-25H2,1-5H3;1H. The third-order valence-corrected chi connectivity index (χ3v) is 8.60. The van der Waals surface area contributed by atoms with Crippen molar-refractivity contribution in [3.63, 3.8) is 0 Å². The van der Waals surface area contributed by atoms with Gasteiger partial charge in [-0.05, 0) is 33.6 Å². The summed E-state index contributed by atoms with van der Waals surface area (Å²) in [5.74, 6) is 0.230. The number of hydrogen-bond acceptors (Lipinski definition) is 2. The zero-order chi connectivity index (χ0) is 23.4. The average molecular weight is 589 g/mol. The normalized spacial score (nSPS) is 13.2. The minimum absolute atomic E-state index is 0. The molecule has 0 aliphatic heterocycles. The second-order valence-electron chi connectivity index (χ2n) is 9.64. The number of halogens is 1. The fourth-order valence-corrected chi connectivity index (χ4v) is 5.88. The maximum Gasteiger partial charge on any atom is 0.0785 e. The Morgan fingerprint density at radius 3 is 1.47 bits per heavy atom. The smallest absolute Gasteiger partial charge is 0.0785 e. The first-order valence-electron chi connectivity index (χ1n) is 13.6. The molecule has 0 fully saturated rings. The van der Waals surface area contributed by atoms with Gasteiger partial charge in [-0.25, -0.2) is 8.42 Å². The summed E-state index contributed by atoms with van der Waals surface area (Å²) < 4.78 is 29.9. The molecular weight excluding hydrogens is 531 g/mol. The van der Waals surface area contributed by atoms with Gasteiger partial charge in [0.15, 0.2) is 0 Å². The first-order chi connectivity index (χ1) is 14.8. The van der Waals surface area contributed by atoms with E-state index in [-0.39, 0.29) is 35.8 Å². The first kappa shape index (κ1) is 34.8. The molecular formula is C26H57IN2O2S. The number of sulfonamides is 1. The molecule has 1 unspecified atom stereocenters. The zero-order valence-corrected chi connectivity index (χ0v) is 25.4. The van der Waals surface area contributed by atoms with Gasteiger partial charge in [0.25, 0.3) is 0 Å². The lowest BCUT2D eigenvalue weighted by atomic mass is 10.1. The Balaban J connectivity index is 0. The minimum atomic E-state index is -3.26. The van der Waals surface area contributed by atoms with Crippen LogP contribution < -0.4 is 0 Å². The summed E-state index contributed by atoms with van der Waals surface area (Å²) in [5, 5.41) is 0. The van der Waals surface area contributed by atoms with Gasteiger partial charge in [-0.3, -0.25) is 0 Å². The van der Waals surface area contributed by atoms with Crippen LogP contribution >= 0.6 is 24.0 Å². The highest BCUT2D eigenvalue weighted by Gasteiger charge is 2.19. The largest absolute Gasteiger partial charge is 0.546 e. The van der Waals surface area contributed by atoms with E-state index in [2.05, 4.69) is 32.4 Å². The highest BCUT2D eigenvalue weighted by molar-refractivity contribution is 14.0. The van der Waals surface area contributed by atoms with E-state index in [1.807, 2.05) is 6.92 Å². The molecule has 0 saturated heterocycles. The van der Waals surface area contributed by atoms with Gasteiger partial charge in [-0.1, -0.05) is 97.3 Å². The first-order valence-corrected chi connectivity index (χ1v) is 15.3. The minimum Gasteiger partial charge on any atom is -0.546 e. The molecule has 0 N–H and O–H groups in total. The van der Waals surface area contributed by atoms with Crippen molar-refractivity contribution in [1.29, 1.82) is 0 Å². The van der Waals surface area contributed by atoms with Crippen LogP contribution in [0.2, 0.25) is 0 Å². The maximum absolute atomic E-state index is 12.3. The lowest BCUT2D eigenvalue weighted by Gasteiger charge is -2.37. The topological polar surface area (TPSA) is 48.2 Å². The van der Waals surface area contributed by atoms with E-state index in [0.29, 0.717) is 0 Å². The molecule has 0 aromatic rings. The third kappa shape index (κ3) is 19.0. The highest BCUT2D eigenvalue weighted by Crippen LogP contribution is 2.18. The van der Waals surface area contributed by atoms with E-state index >= 15 is 0 Å². The highest BCUT2D eigenvalue weighted by atomic mass is 127. The summed E-state index contributed by atoms with van der Waals surface area (Å²) in [6, 6.07) is -0.0839. The maximum atomic E-state index is 12.3. The molecule has 4 nitrogen and oxygen atoms in total. The van der Waals surface area contributed by atoms with E-state index < -0.39 is 10.0 Å². The van der Waals surface area contributed by atoms with Crippen LogP contribution in [-0.2, 0) is 10.0 Å². The van der Waals surface area contributed by atoms with E-state index in [4.69, 9.17) is 0 Å². The van der Waals surface area contributed by atoms with Crippen LogP contribution in [0.3, 0.4) is 0 Å². The van der Waals surface area contributed by atoms with Gasteiger partial charge in [0.1, 0.15) is 0 Å². The Morgan fingerprint density at radius 1 is 0.656 bits per heavy atom. The van der Waals surface area contributed by atoms with Crippen LogP contribution in [0.5, 0.6) is 0 Å². The molecule has 0 amide bonds. The second-order valence-corrected chi connectivity index (χ2v) is 11.4. The van der Waals surface area contributed by atoms with Gasteiger partial charge in [0.05, 0.1) is 36.2 Å². The van der Waals surface area contributed by atoms with Crippen LogP contribution in [-0.4, -0.2) is 50.9 Å². The van der Waals surface area contributed by atoms with E-state index in [1.54, 1.807) is 0 Å². The predicted octanol–water partition coefficient (Wildman–Crippen LogP) is 8.44. The number of unbranched alkanes of at least 4 members (excludes halogenated alkanes) is 12. The lowest BCUT2D eigenvalue weighted by molar-refractivity contribution is -0.923. The molecule has 0 rings (SSSR count). The van der Waals surface area contributed by atoms with Crippen LogP contribution in [0, 0.1) is 0 Å². The van der Waals surface area contributed by atoms with Crippen molar-refractivity contribution in [1.82, 2.24) is 0 Å². The van der Waals surface area contributed by atoms with E-state index in [1.165, 1.54) is 64.2 Å². The number of rotatable bonds is 23. The summed E-state index contributed by atoms with van der Waals surface area (Å²) in [6.07, 6.45) is 18.4. The Kier molecular flexibility index (Phi) is 24.0. The molecule has 0 aromatic carbocycles. The Morgan fingerprint density at radius 2 is 1.06 bits per heavy atom. The molecule has 1 atom stereocenters. The van der Waals surface area contributed by atoms with Crippen LogP contribution in [0.1, 0.15) is 131 Å². The third-order valence-electron chi connectivity index (χ3n) is 7.11. The van der Waals surface area contributed by atoms with Crippen LogP contribution in [0.25, 0.3) is 4.72 Å². The number of nitrogens with zero attached hydrogens (tertiary/aromatic N) is 2. The Hall–Kier alpha value is 0.600. The Bertz CT molecular complexity index is 488. The van der Waals surface area contributed by atoms with Gasteiger partial charge >= 0.3 is 0 Å². The van der Waals surface area contributed by atoms with Gasteiger partial charge in [-0.2, -0.15) is 0 Å². The van der Waals surface area contributed by atoms with Crippen molar-refractivity contribution in [3.05, 3.63) is 4.72 Å². The molecule has 0 aromatic heterocycles. The van der Waals surface area contributed by atoms with Gasteiger partial charge in [0.2, 0.25) is 0 Å². The van der Waals surface area contributed by atoms with Crippen LogP contribution in [0.4, 0.5) is 0 Å². The monoisotopic (exact) mass is 588 g/mol. The average Bonchev–Trinajstić information content (AvgIpc) is 2.74. The molecule has 0 bridgehead atoms. The molecule has 0 aliphatic carbocycles. The molecule has 32 heavy (non-hydrogen) atoms. The summed E-state index contributed by atoms with van der Waals surface area (Å²) in [5.41, 5.74) is 0. The second kappa shape index (κ2) is 22.1.